The van der Waals surface area contributed by atoms with Crippen LogP contribution >= 0.6 is 0 Å². The minimum absolute atomic E-state index is 0.393. The van der Waals surface area contributed by atoms with Crippen LogP contribution in [0, 0.1) is 5.92 Å². The van der Waals surface area contributed by atoms with Crippen molar-refractivity contribution in [3.05, 3.63) is 0 Å². The molecule has 2 atom stereocenters. The molecule has 7 nitrogen and oxygen atoms in total. The second-order valence-corrected chi connectivity index (χ2v) is 7.73. The highest BCUT2D eigenvalue weighted by molar-refractivity contribution is 5.79. The zero-order chi connectivity index (χ0) is 18.1. The van der Waals surface area contributed by atoms with Gasteiger partial charge < -0.3 is 25.4 Å². The van der Waals surface area contributed by atoms with Gasteiger partial charge in [0, 0.05) is 39.3 Å². The zero-order valence-corrected chi connectivity index (χ0v) is 16.3. The number of piperidine rings is 1. The first-order valence-electron chi connectivity index (χ1n) is 9.72. The van der Waals surface area contributed by atoms with Crippen LogP contribution in [0.25, 0.3) is 0 Å². The molecule has 0 aliphatic carbocycles. The quantitative estimate of drug-likeness (QED) is 0.440. The van der Waals surface area contributed by atoms with Gasteiger partial charge in [-0.25, -0.2) is 0 Å². The first-order chi connectivity index (χ1) is 12.0. The van der Waals surface area contributed by atoms with E-state index in [1.165, 1.54) is 19.4 Å². The van der Waals surface area contributed by atoms with Crippen molar-refractivity contribution in [2.75, 3.05) is 72.6 Å². The van der Waals surface area contributed by atoms with Gasteiger partial charge >= 0.3 is 0 Å². The number of nitrogens with zero attached hydrogens (tertiary/aromatic N) is 3. The third kappa shape index (κ3) is 7.90. The van der Waals surface area contributed by atoms with Crippen molar-refractivity contribution < 1.29 is 9.84 Å². The normalized spacial score (nSPS) is 26.2. The second-order valence-electron chi connectivity index (χ2n) is 7.73. The lowest BCUT2D eigenvalue weighted by Crippen LogP contribution is -2.48. The zero-order valence-electron chi connectivity index (χ0n) is 16.3. The van der Waals surface area contributed by atoms with E-state index in [0.29, 0.717) is 19.0 Å². The lowest BCUT2D eigenvalue weighted by atomic mass is 9.99. The number of morpholine rings is 1. The van der Waals surface area contributed by atoms with Crippen LogP contribution in [-0.4, -0.2) is 99.1 Å². The van der Waals surface area contributed by atoms with Gasteiger partial charge in [0.1, 0.15) is 0 Å². The van der Waals surface area contributed by atoms with Gasteiger partial charge in [0.2, 0.25) is 0 Å². The summed E-state index contributed by atoms with van der Waals surface area (Å²) in [6, 6.07) is 0. The molecular weight excluding hydrogens is 318 g/mol. The first kappa shape index (κ1) is 20.4. The number of ether oxygens (including phenoxy) is 1. The number of β-amino-alcohol motifs (C(OH)–C–C–N with tert-alkyl or cyclic N) is 1. The molecule has 0 aromatic rings. The number of nitrogens with one attached hydrogen (secondary N) is 2. The molecule has 2 saturated heterocycles. The number of aliphatic hydroxyl groups is 1. The molecule has 2 heterocycles. The number of hydrogen-bond acceptors (Lipinski definition) is 5. The molecule has 0 saturated carbocycles. The number of guanidine groups is 1. The molecule has 0 bridgehead atoms. The maximum atomic E-state index is 10.7. The molecule has 7 heteroatoms. The SMILES string of the molecule is CCNC(=NCC(C)(O)CN1CCOCC1)NCC1CCCN(C)C1. The first-order valence-corrected chi connectivity index (χ1v) is 9.72. The number of hydrogen-bond donors (Lipinski definition) is 3. The molecule has 146 valence electrons. The van der Waals surface area contributed by atoms with Crippen LogP contribution in [0.2, 0.25) is 0 Å². The monoisotopic (exact) mass is 355 g/mol. The van der Waals surface area contributed by atoms with Gasteiger partial charge in [-0.05, 0) is 46.2 Å². The van der Waals surface area contributed by atoms with Crippen molar-refractivity contribution >= 4 is 5.96 Å². The van der Waals surface area contributed by atoms with Crippen LogP contribution in [0.15, 0.2) is 4.99 Å². The van der Waals surface area contributed by atoms with E-state index in [-0.39, 0.29) is 0 Å². The lowest BCUT2D eigenvalue weighted by molar-refractivity contribution is -0.0180. The molecule has 2 rings (SSSR count). The maximum Gasteiger partial charge on any atom is 0.191 e. The van der Waals surface area contributed by atoms with E-state index in [0.717, 1.165) is 51.9 Å². The van der Waals surface area contributed by atoms with Crippen molar-refractivity contribution in [3.63, 3.8) is 0 Å². The number of aliphatic imine (C=N–C) groups is 1. The van der Waals surface area contributed by atoms with E-state index in [1.807, 2.05) is 6.92 Å². The predicted molar refractivity (Wildman–Crippen MR) is 102 cm³/mol. The average molecular weight is 356 g/mol. The predicted octanol–water partition coefficient (Wildman–Crippen LogP) is -0.0335. The van der Waals surface area contributed by atoms with Crippen LogP contribution in [0.5, 0.6) is 0 Å². The Morgan fingerprint density at radius 2 is 2.04 bits per heavy atom. The molecule has 2 fully saturated rings. The highest BCUT2D eigenvalue weighted by Gasteiger charge is 2.25. The summed E-state index contributed by atoms with van der Waals surface area (Å²) < 4.78 is 5.37. The number of likely N-dealkylation sites (tertiary alicyclic amines) is 1. The van der Waals surface area contributed by atoms with Gasteiger partial charge in [-0.3, -0.25) is 9.89 Å². The summed E-state index contributed by atoms with van der Waals surface area (Å²) in [6.45, 7) is 12.3. The van der Waals surface area contributed by atoms with Crippen LogP contribution in [-0.2, 0) is 4.74 Å². The van der Waals surface area contributed by atoms with Gasteiger partial charge in [-0.15, -0.1) is 0 Å². The summed E-state index contributed by atoms with van der Waals surface area (Å²) in [7, 11) is 2.19. The van der Waals surface area contributed by atoms with Gasteiger partial charge in [-0.1, -0.05) is 0 Å². The van der Waals surface area contributed by atoms with Gasteiger partial charge in [-0.2, -0.15) is 0 Å². The summed E-state index contributed by atoms with van der Waals surface area (Å²) in [5.74, 6) is 1.47. The van der Waals surface area contributed by atoms with E-state index >= 15 is 0 Å². The molecule has 25 heavy (non-hydrogen) atoms. The second kappa shape index (κ2) is 10.3. The fraction of sp³-hybridized carbons (Fsp3) is 0.944. The van der Waals surface area contributed by atoms with E-state index in [4.69, 9.17) is 4.74 Å². The minimum Gasteiger partial charge on any atom is -0.387 e. The molecule has 0 radical (unpaired) electrons. The van der Waals surface area contributed by atoms with Crippen LogP contribution in [0.3, 0.4) is 0 Å². The van der Waals surface area contributed by atoms with E-state index in [1.54, 1.807) is 0 Å². The Bertz CT molecular complexity index is 410. The Hall–Kier alpha value is -0.890. The van der Waals surface area contributed by atoms with Gasteiger partial charge in [0.05, 0.1) is 25.4 Å². The van der Waals surface area contributed by atoms with Crippen molar-refractivity contribution in [3.8, 4) is 0 Å². The smallest absolute Gasteiger partial charge is 0.191 e. The average Bonchev–Trinajstić information content (AvgIpc) is 2.58. The fourth-order valence-electron chi connectivity index (χ4n) is 3.56. The Kier molecular flexibility index (Phi) is 8.42. The van der Waals surface area contributed by atoms with Crippen LogP contribution in [0.4, 0.5) is 0 Å². The molecule has 0 amide bonds. The molecular formula is C18H37N5O2. The lowest BCUT2D eigenvalue weighted by Gasteiger charge is -2.33. The third-order valence-electron chi connectivity index (χ3n) is 4.87. The fourth-order valence-corrected chi connectivity index (χ4v) is 3.56. The summed E-state index contributed by atoms with van der Waals surface area (Å²) in [4.78, 5) is 9.27. The molecule has 0 aromatic carbocycles. The van der Waals surface area contributed by atoms with Crippen LogP contribution < -0.4 is 10.6 Å². The highest BCUT2D eigenvalue weighted by atomic mass is 16.5. The topological polar surface area (TPSA) is 72.4 Å². The summed E-state index contributed by atoms with van der Waals surface area (Å²) >= 11 is 0. The third-order valence-corrected chi connectivity index (χ3v) is 4.87. The Balaban J connectivity index is 1.80. The minimum atomic E-state index is -0.829. The van der Waals surface area contributed by atoms with Gasteiger partial charge in [0.25, 0.3) is 0 Å². The van der Waals surface area contributed by atoms with E-state index < -0.39 is 5.60 Å². The summed E-state index contributed by atoms with van der Waals surface area (Å²) in [6.07, 6.45) is 2.54. The molecule has 3 N–H and O–H groups in total. The molecule has 0 spiro atoms. The molecule has 0 aromatic heterocycles. The van der Waals surface area contributed by atoms with Crippen molar-refractivity contribution in [2.45, 2.75) is 32.3 Å². The Morgan fingerprint density at radius 3 is 2.72 bits per heavy atom. The standard InChI is InChI=1S/C18H37N5O2/c1-4-19-17(20-12-16-6-5-7-22(3)13-16)21-14-18(2,24)15-23-8-10-25-11-9-23/h16,24H,4-15H2,1-3H3,(H2,19,20,21). The van der Waals surface area contributed by atoms with Crippen molar-refractivity contribution in [2.24, 2.45) is 10.9 Å². The van der Waals surface area contributed by atoms with Crippen LogP contribution in [0.1, 0.15) is 26.7 Å². The van der Waals surface area contributed by atoms with E-state index in [9.17, 15) is 5.11 Å². The largest absolute Gasteiger partial charge is 0.387 e. The molecule has 2 aliphatic heterocycles. The molecule has 2 unspecified atom stereocenters. The maximum absolute atomic E-state index is 10.7. The molecule has 2 aliphatic rings. The summed E-state index contributed by atoms with van der Waals surface area (Å²) in [5.41, 5.74) is -0.829. The summed E-state index contributed by atoms with van der Waals surface area (Å²) in [5, 5.41) is 17.4. The van der Waals surface area contributed by atoms with Crippen molar-refractivity contribution in [1.82, 2.24) is 20.4 Å². The Labute approximate surface area is 152 Å². The number of rotatable bonds is 7. The highest BCUT2D eigenvalue weighted by Crippen LogP contribution is 2.14. The van der Waals surface area contributed by atoms with E-state index in [2.05, 4.69) is 39.4 Å². The van der Waals surface area contributed by atoms with Gasteiger partial charge in [0.15, 0.2) is 5.96 Å². The van der Waals surface area contributed by atoms with Crippen molar-refractivity contribution in [1.29, 1.82) is 0 Å². The Morgan fingerprint density at radius 1 is 1.28 bits per heavy atom.